The third-order valence-electron chi connectivity index (χ3n) is 10.4. The molecule has 0 atom stereocenters. The van der Waals surface area contributed by atoms with E-state index in [1.807, 2.05) is 42.5 Å². The highest BCUT2D eigenvalue weighted by atomic mass is 32.2. The van der Waals surface area contributed by atoms with E-state index in [9.17, 15) is 33.6 Å². The maximum atomic E-state index is 11.9. The van der Waals surface area contributed by atoms with Crippen molar-refractivity contribution in [3.63, 3.8) is 0 Å². The van der Waals surface area contributed by atoms with Gasteiger partial charge in [-0.1, -0.05) is 110 Å². The summed E-state index contributed by atoms with van der Waals surface area (Å²) in [6, 6.07) is 44.7. The number of rotatable bonds is 24. The van der Waals surface area contributed by atoms with E-state index >= 15 is 0 Å². The highest BCUT2D eigenvalue weighted by Gasteiger charge is 2.16. The first kappa shape index (κ1) is 59.9. The molecule has 0 saturated carbocycles. The van der Waals surface area contributed by atoms with Crippen molar-refractivity contribution in [3.8, 4) is 17.2 Å². The molecule has 390 valence electrons. The number of carbonyl (C=O) groups excluding carboxylic acids is 2. The topological polar surface area (TPSA) is 269 Å². The second kappa shape index (κ2) is 34.0. The predicted octanol–water partition coefficient (Wildman–Crippen LogP) is 10.6. The Bertz CT molecular complexity index is 2690. The summed E-state index contributed by atoms with van der Waals surface area (Å²) >= 11 is 1.57. The van der Waals surface area contributed by atoms with Gasteiger partial charge in [0.05, 0.1) is 30.2 Å². The molecular weight excluding hydrogens is 973 g/mol. The van der Waals surface area contributed by atoms with Crippen LogP contribution in [-0.4, -0.2) is 91.9 Å². The van der Waals surface area contributed by atoms with Crippen LogP contribution in [0.2, 0.25) is 0 Å². The van der Waals surface area contributed by atoms with Gasteiger partial charge in [-0.25, -0.2) is 19.2 Å². The van der Waals surface area contributed by atoms with Gasteiger partial charge in [0.2, 0.25) is 0 Å². The molecule has 0 bridgehead atoms. The summed E-state index contributed by atoms with van der Waals surface area (Å²) in [7, 11) is 1.42. The van der Waals surface area contributed by atoms with Crippen LogP contribution in [0.4, 0.5) is 0 Å². The SMILES string of the molecule is COC(=O)CCc1ccc(CCCCCCc2ccc(CCC(=O)O)cc2)cc1.O=C(O)CCSc1ccccc1.O=C(O)COc1ccccc1OC(=O)c1ccccc1.O=C(O)c1ccc(O)cc1C(=O)O. The van der Waals surface area contributed by atoms with Crippen LogP contribution in [0.5, 0.6) is 17.2 Å². The zero-order chi connectivity index (χ0) is 54.1. The molecule has 74 heavy (non-hydrogen) atoms. The molecule has 6 aromatic carbocycles. The zero-order valence-corrected chi connectivity index (χ0v) is 41.6. The molecule has 0 aliphatic heterocycles. The molecule has 0 radical (unpaired) electrons. The first-order chi connectivity index (χ1) is 35.5. The van der Waals surface area contributed by atoms with Gasteiger partial charge in [0.15, 0.2) is 18.1 Å². The monoisotopic (exact) mass is 1030 g/mol. The minimum atomic E-state index is -1.38. The Morgan fingerprint density at radius 3 is 1.43 bits per heavy atom. The second-order valence-electron chi connectivity index (χ2n) is 16.0. The highest BCUT2D eigenvalue weighted by molar-refractivity contribution is 7.99. The van der Waals surface area contributed by atoms with Gasteiger partial charge in [-0.05, 0) is 115 Å². The molecule has 0 aromatic heterocycles. The van der Waals surface area contributed by atoms with E-state index in [1.54, 1.807) is 54.2 Å². The number of carbonyl (C=O) groups is 7. The quantitative estimate of drug-likeness (QED) is 0.0142. The van der Waals surface area contributed by atoms with Crippen LogP contribution in [0.25, 0.3) is 0 Å². The van der Waals surface area contributed by atoms with Crippen molar-refractivity contribution in [2.75, 3.05) is 19.5 Å². The van der Waals surface area contributed by atoms with E-state index in [0.717, 1.165) is 47.9 Å². The Morgan fingerprint density at radius 2 is 0.946 bits per heavy atom. The van der Waals surface area contributed by atoms with Crippen molar-refractivity contribution < 1.29 is 78.4 Å². The maximum absolute atomic E-state index is 11.9. The van der Waals surface area contributed by atoms with Crippen LogP contribution >= 0.6 is 11.8 Å². The van der Waals surface area contributed by atoms with E-state index < -0.39 is 48.0 Å². The van der Waals surface area contributed by atoms with Gasteiger partial charge in [-0.2, -0.15) is 0 Å². The van der Waals surface area contributed by atoms with E-state index in [4.69, 9.17) is 40.1 Å². The number of carboxylic acids is 5. The largest absolute Gasteiger partial charge is 0.508 e. The number of phenolic OH excluding ortho intramolecular Hbond substituents is 1. The Kier molecular flexibility index (Phi) is 27.5. The number of carboxylic acid groups (broad SMARTS) is 5. The Morgan fingerprint density at radius 1 is 0.473 bits per heavy atom. The molecular formula is C57H60O16S. The van der Waals surface area contributed by atoms with Gasteiger partial charge in [0, 0.05) is 23.5 Å². The molecule has 0 fully saturated rings. The number of hydrogen-bond donors (Lipinski definition) is 6. The van der Waals surface area contributed by atoms with E-state index in [1.165, 1.54) is 61.6 Å². The summed E-state index contributed by atoms with van der Waals surface area (Å²) in [5, 5.41) is 51.7. The molecule has 6 aromatic rings. The molecule has 16 nitrogen and oxygen atoms in total. The van der Waals surface area contributed by atoms with Gasteiger partial charge in [-0.3, -0.25) is 14.4 Å². The lowest BCUT2D eigenvalue weighted by Crippen LogP contribution is -2.12. The van der Waals surface area contributed by atoms with Gasteiger partial charge < -0.3 is 44.8 Å². The summed E-state index contributed by atoms with van der Waals surface area (Å²) < 4.78 is 14.9. The molecule has 0 amide bonds. The molecule has 0 spiro atoms. The first-order valence-electron chi connectivity index (χ1n) is 23.4. The fourth-order valence-corrected chi connectivity index (χ4v) is 7.41. The lowest BCUT2D eigenvalue weighted by molar-refractivity contribution is -0.141. The average Bonchev–Trinajstić information content (AvgIpc) is 3.39. The minimum absolute atomic E-state index is 0.164. The highest BCUT2D eigenvalue weighted by Crippen LogP contribution is 2.27. The smallest absolute Gasteiger partial charge is 0.343 e. The zero-order valence-electron chi connectivity index (χ0n) is 40.8. The van der Waals surface area contributed by atoms with Crippen LogP contribution in [0.1, 0.15) is 98.3 Å². The molecule has 0 saturated heterocycles. The Labute approximate surface area is 433 Å². The Hall–Kier alpha value is -8.44. The molecule has 0 aliphatic rings. The van der Waals surface area contributed by atoms with Crippen molar-refractivity contribution in [1.82, 2.24) is 0 Å². The fourth-order valence-electron chi connectivity index (χ4n) is 6.55. The van der Waals surface area contributed by atoms with E-state index in [-0.39, 0.29) is 41.6 Å². The number of esters is 2. The number of aryl methyl sites for hydroxylation is 4. The summed E-state index contributed by atoms with van der Waals surface area (Å²) in [6.07, 6.45) is 9.16. The van der Waals surface area contributed by atoms with E-state index in [0.29, 0.717) is 24.2 Å². The predicted molar refractivity (Wildman–Crippen MR) is 277 cm³/mol. The molecule has 17 heteroatoms. The number of thioether (sulfide) groups is 1. The molecule has 6 rings (SSSR count). The summed E-state index contributed by atoms with van der Waals surface area (Å²) in [6.45, 7) is -0.500. The standard InChI is InChI=1S/C25H32O4.C15H12O5.C9H10O2S.C8H6O5/c1-29-25(28)19-17-23-14-10-21(11-15-23)7-5-3-2-4-6-20-8-12-22(13-9-20)16-18-24(26)27;16-14(17)10-19-12-8-4-5-9-13(12)20-15(18)11-6-2-1-3-7-11;10-9(11)6-7-12-8-4-2-1-3-5-8;9-4-1-2-5(7(10)11)6(3-4)8(12)13/h8-15H,2-7,16-19H2,1H3,(H,26,27);1-9H,10H2,(H,16,17);1-5H,6-7H2,(H,10,11);1-3,9H,(H,10,11)(H,12,13). The number of hydrogen-bond acceptors (Lipinski definition) is 12. The number of benzene rings is 6. The lowest BCUT2D eigenvalue weighted by atomic mass is 10.0. The number of aromatic carboxylic acids is 2. The van der Waals surface area contributed by atoms with Crippen molar-refractivity contribution in [2.24, 2.45) is 0 Å². The second-order valence-corrected chi connectivity index (χ2v) is 17.2. The summed E-state index contributed by atoms with van der Waals surface area (Å²) in [4.78, 5) is 76.5. The van der Waals surface area contributed by atoms with Crippen molar-refractivity contribution in [2.45, 2.75) is 75.5 Å². The van der Waals surface area contributed by atoms with Crippen LogP contribution in [0.3, 0.4) is 0 Å². The van der Waals surface area contributed by atoms with Crippen molar-refractivity contribution >= 4 is 53.5 Å². The van der Waals surface area contributed by atoms with Crippen LogP contribution in [-0.2, 0) is 49.6 Å². The summed E-state index contributed by atoms with van der Waals surface area (Å²) in [5.74, 6) is -5.24. The first-order valence-corrected chi connectivity index (χ1v) is 24.4. The number of aromatic hydroxyl groups is 1. The lowest BCUT2D eigenvalue weighted by Gasteiger charge is -2.10. The normalized spacial score (nSPS) is 10.1. The van der Waals surface area contributed by atoms with Gasteiger partial charge >= 0.3 is 41.8 Å². The maximum Gasteiger partial charge on any atom is 0.343 e. The van der Waals surface area contributed by atoms with Gasteiger partial charge in [0.1, 0.15) is 5.75 Å². The third kappa shape index (κ3) is 25.1. The van der Waals surface area contributed by atoms with Crippen molar-refractivity contribution in [3.05, 3.63) is 191 Å². The van der Waals surface area contributed by atoms with Crippen LogP contribution in [0, 0.1) is 0 Å². The minimum Gasteiger partial charge on any atom is -0.508 e. The Balaban J connectivity index is 0.000000278. The average molecular weight is 1030 g/mol. The van der Waals surface area contributed by atoms with Crippen LogP contribution in [0.15, 0.2) is 157 Å². The van der Waals surface area contributed by atoms with Gasteiger partial charge in [0.25, 0.3) is 0 Å². The summed E-state index contributed by atoms with van der Waals surface area (Å²) in [5.41, 5.74) is 4.58. The molecule has 0 unspecified atom stereocenters. The molecule has 6 N–H and O–H groups in total. The van der Waals surface area contributed by atoms with E-state index in [2.05, 4.69) is 41.1 Å². The fraction of sp³-hybridized carbons (Fsp3) is 0.246. The molecule has 0 heterocycles. The number of aliphatic carboxylic acids is 3. The third-order valence-corrected chi connectivity index (χ3v) is 11.4. The van der Waals surface area contributed by atoms with Crippen LogP contribution < -0.4 is 9.47 Å². The van der Waals surface area contributed by atoms with Crippen molar-refractivity contribution in [1.29, 1.82) is 0 Å². The number of unbranched alkanes of at least 4 members (excludes halogenated alkanes) is 3. The molecule has 0 aliphatic carbocycles. The number of phenols is 1. The number of methoxy groups -OCH3 is 1. The number of ether oxygens (including phenoxy) is 3. The number of para-hydroxylation sites is 2. The van der Waals surface area contributed by atoms with Gasteiger partial charge in [-0.15, -0.1) is 11.8 Å².